The van der Waals surface area contributed by atoms with Crippen LogP contribution in [0.1, 0.15) is 23.7 Å². The Labute approximate surface area is 168 Å². The molecule has 4 rings (SSSR count). The number of fused-ring (bicyclic) bond motifs is 2. The SMILES string of the molecule is CCCn1nc(NC(=O)c2ccccc2OC)c2cc3cc(OC)ccc3nc21. The summed E-state index contributed by atoms with van der Waals surface area (Å²) in [6, 6.07) is 14.8. The van der Waals surface area contributed by atoms with E-state index in [1.54, 1.807) is 32.4 Å². The largest absolute Gasteiger partial charge is 0.497 e. The second-order valence-corrected chi connectivity index (χ2v) is 6.64. The summed E-state index contributed by atoms with van der Waals surface area (Å²) >= 11 is 0. The lowest BCUT2D eigenvalue weighted by Crippen LogP contribution is -2.14. The van der Waals surface area contributed by atoms with Gasteiger partial charge in [0.15, 0.2) is 11.5 Å². The van der Waals surface area contributed by atoms with Crippen LogP contribution in [0.5, 0.6) is 11.5 Å². The van der Waals surface area contributed by atoms with Gasteiger partial charge in [-0.05, 0) is 42.8 Å². The van der Waals surface area contributed by atoms with Gasteiger partial charge in [0.25, 0.3) is 5.91 Å². The lowest BCUT2D eigenvalue weighted by atomic mass is 10.1. The average Bonchev–Trinajstić information content (AvgIpc) is 3.08. The Morgan fingerprint density at radius 1 is 1.10 bits per heavy atom. The number of nitrogens with one attached hydrogen (secondary N) is 1. The number of carbonyl (C=O) groups is 1. The van der Waals surface area contributed by atoms with E-state index in [1.165, 1.54) is 0 Å². The Kier molecular flexibility index (Phi) is 5.03. The highest BCUT2D eigenvalue weighted by Gasteiger charge is 2.18. The Morgan fingerprint density at radius 2 is 1.93 bits per heavy atom. The van der Waals surface area contributed by atoms with E-state index in [2.05, 4.69) is 17.3 Å². The van der Waals surface area contributed by atoms with E-state index in [0.29, 0.717) is 23.7 Å². The molecule has 0 atom stereocenters. The van der Waals surface area contributed by atoms with Gasteiger partial charge in [0.05, 0.1) is 30.7 Å². The molecule has 4 aromatic rings. The van der Waals surface area contributed by atoms with Gasteiger partial charge in [0.1, 0.15) is 11.5 Å². The van der Waals surface area contributed by atoms with Crippen molar-refractivity contribution < 1.29 is 14.3 Å². The predicted octanol–water partition coefficient (Wildman–Crippen LogP) is 4.26. The first-order chi connectivity index (χ1) is 14.1. The molecule has 0 aliphatic heterocycles. The lowest BCUT2D eigenvalue weighted by Gasteiger charge is -2.08. The van der Waals surface area contributed by atoms with Crippen LogP contribution in [0, 0.1) is 0 Å². The molecule has 7 nitrogen and oxygen atoms in total. The maximum atomic E-state index is 12.9. The van der Waals surface area contributed by atoms with E-state index in [0.717, 1.165) is 34.1 Å². The molecule has 0 radical (unpaired) electrons. The molecule has 0 aliphatic carbocycles. The van der Waals surface area contributed by atoms with Crippen molar-refractivity contribution in [1.29, 1.82) is 0 Å². The molecular weight excluding hydrogens is 368 g/mol. The summed E-state index contributed by atoms with van der Waals surface area (Å²) in [6.07, 6.45) is 0.902. The summed E-state index contributed by atoms with van der Waals surface area (Å²) in [4.78, 5) is 17.7. The Hall–Kier alpha value is -3.61. The number of ether oxygens (including phenoxy) is 2. The van der Waals surface area contributed by atoms with Gasteiger partial charge >= 0.3 is 0 Å². The summed E-state index contributed by atoms with van der Waals surface area (Å²) in [6.45, 7) is 2.78. The number of benzene rings is 2. The second kappa shape index (κ2) is 7.79. The van der Waals surface area contributed by atoms with Gasteiger partial charge in [-0.15, -0.1) is 0 Å². The summed E-state index contributed by atoms with van der Waals surface area (Å²) in [5.41, 5.74) is 2.03. The molecule has 148 valence electrons. The van der Waals surface area contributed by atoms with Gasteiger partial charge in [-0.2, -0.15) is 5.10 Å². The van der Waals surface area contributed by atoms with Crippen molar-refractivity contribution in [3.63, 3.8) is 0 Å². The topological polar surface area (TPSA) is 78.3 Å². The number of nitrogens with zero attached hydrogens (tertiary/aromatic N) is 3. The maximum absolute atomic E-state index is 12.9. The fraction of sp³-hybridized carbons (Fsp3) is 0.227. The molecule has 0 saturated carbocycles. The van der Waals surface area contributed by atoms with E-state index < -0.39 is 0 Å². The minimum atomic E-state index is -0.281. The molecule has 1 N–H and O–H groups in total. The van der Waals surface area contributed by atoms with Crippen molar-refractivity contribution >= 4 is 33.7 Å². The number of methoxy groups -OCH3 is 2. The van der Waals surface area contributed by atoms with Crippen molar-refractivity contribution in [3.8, 4) is 11.5 Å². The van der Waals surface area contributed by atoms with Gasteiger partial charge in [0, 0.05) is 11.9 Å². The zero-order chi connectivity index (χ0) is 20.4. The van der Waals surface area contributed by atoms with Crippen molar-refractivity contribution in [2.24, 2.45) is 0 Å². The molecule has 1 amide bonds. The fourth-order valence-corrected chi connectivity index (χ4v) is 3.33. The van der Waals surface area contributed by atoms with Crippen LogP contribution >= 0.6 is 0 Å². The molecular formula is C22H22N4O3. The van der Waals surface area contributed by atoms with Crippen molar-refractivity contribution in [2.45, 2.75) is 19.9 Å². The number of aromatic nitrogens is 3. The number of rotatable bonds is 6. The smallest absolute Gasteiger partial charge is 0.260 e. The first kappa shape index (κ1) is 18.7. The van der Waals surface area contributed by atoms with Crippen LogP contribution < -0.4 is 14.8 Å². The minimum absolute atomic E-state index is 0.281. The van der Waals surface area contributed by atoms with E-state index >= 15 is 0 Å². The number of anilines is 1. The van der Waals surface area contributed by atoms with Crippen LogP contribution in [0.15, 0.2) is 48.5 Å². The molecule has 2 aromatic heterocycles. The molecule has 0 fully saturated rings. The van der Waals surface area contributed by atoms with Crippen LogP contribution in [0.2, 0.25) is 0 Å². The summed E-state index contributed by atoms with van der Waals surface area (Å²) < 4.78 is 12.5. The third-order valence-electron chi connectivity index (χ3n) is 4.74. The summed E-state index contributed by atoms with van der Waals surface area (Å²) in [5.74, 6) is 1.45. The van der Waals surface area contributed by atoms with Crippen LogP contribution in [-0.2, 0) is 6.54 Å². The molecule has 0 spiro atoms. The fourth-order valence-electron chi connectivity index (χ4n) is 3.33. The zero-order valence-electron chi connectivity index (χ0n) is 16.6. The van der Waals surface area contributed by atoms with Crippen LogP contribution in [0.25, 0.3) is 21.9 Å². The zero-order valence-corrected chi connectivity index (χ0v) is 16.6. The van der Waals surface area contributed by atoms with Crippen LogP contribution in [-0.4, -0.2) is 34.9 Å². The number of para-hydroxylation sites is 1. The number of aryl methyl sites for hydroxylation is 1. The molecule has 0 bridgehead atoms. The van der Waals surface area contributed by atoms with Crippen molar-refractivity contribution in [2.75, 3.05) is 19.5 Å². The standard InChI is InChI=1S/C22H22N4O3/c1-4-11-26-21-17(13-14-12-15(28-2)9-10-18(14)23-21)20(25-26)24-22(27)16-7-5-6-8-19(16)29-3/h5-10,12-13H,4,11H2,1-3H3,(H,24,25,27). The lowest BCUT2D eigenvalue weighted by molar-refractivity contribution is 0.102. The summed E-state index contributed by atoms with van der Waals surface area (Å²) in [5, 5.41) is 9.24. The van der Waals surface area contributed by atoms with E-state index in [-0.39, 0.29) is 5.91 Å². The highest BCUT2D eigenvalue weighted by atomic mass is 16.5. The monoisotopic (exact) mass is 390 g/mol. The third-order valence-corrected chi connectivity index (χ3v) is 4.74. The number of hydrogen-bond donors (Lipinski definition) is 1. The van der Waals surface area contributed by atoms with E-state index in [1.807, 2.05) is 35.0 Å². The number of hydrogen-bond acceptors (Lipinski definition) is 5. The molecule has 0 saturated heterocycles. The van der Waals surface area contributed by atoms with Gasteiger partial charge in [-0.3, -0.25) is 4.79 Å². The van der Waals surface area contributed by atoms with E-state index in [4.69, 9.17) is 14.5 Å². The predicted molar refractivity (Wildman–Crippen MR) is 113 cm³/mol. The van der Waals surface area contributed by atoms with Gasteiger partial charge in [0.2, 0.25) is 0 Å². The Morgan fingerprint density at radius 3 is 2.69 bits per heavy atom. The molecule has 0 aliphatic rings. The molecule has 7 heteroatoms. The second-order valence-electron chi connectivity index (χ2n) is 6.64. The highest BCUT2D eigenvalue weighted by molar-refractivity contribution is 6.10. The van der Waals surface area contributed by atoms with Gasteiger partial charge < -0.3 is 14.8 Å². The van der Waals surface area contributed by atoms with E-state index in [9.17, 15) is 4.79 Å². The summed E-state index contributed by atoms with van der Waals surface area (Å²) in [7, 11) is 3.17. The average molecular weight is 390 g/mol. The Balaban J connectivity index is 1.82. The van der Waals surface area contributed by atoms with Crippen LogP contribution in [0.3, 0.4) is 0 Å². The van der Waals surface area contributed by atoms with Crippen molar-refractivity contribution in [3.05, 3.63) is 54.1 Å². The highest BCUT2D eigenvalue weighted by Crippen LogP contribution is 2.29. The third kappa shape index (κ3) is 3.47. The Bertz CT molecular complexity index is 1200. The first-order valence-electron chi connectivity index (χ1n) is 9.44. The van der Waals surface area contributed by atoms with Gasteiger partial charge in [-0.25, -0.2) is 9.67 Å². The normalized spacial score (nSPS) is 11.0. The number of carbonyl (C=O) groups excluding carboxylic acids is 1. The number of amides is 1. The molecule has 29 heavy (non-hydrogen) atoms. The van der Waals surface area contributed by atoms with Crippen LogP contribution in [0.4, 0.5) is 5.82 Å². The molecule has 2 aromatic carbocycles. The quantitative estimate of drug-likeness (QED) is 0.532. The van der Waals surface area contributed by atoms with Crippen molar-refractivity contribution in [1.82, 2.24) is 14.8 Å². The minimum Gasteiger partial charge on any atom is -0.497 e. The molecule has 0 unspecified atom stereocenters. The maximum Gasteiger partial charge on any atom is 0.260 e. The first-order valence-corrected chi connectivity index (χ1v) is 9.44. The number of pyridine rings is 1. The molecule has 2 heterocycles. The van der Waals surface area contributed by atoms with Gasteiger partial charge in [-0.1, -0.05) is 19.1 Å².